The maximum Gasteiger partial charge on any atom is 0.180 e. The van der Waals surface area contributed by atoms with Crippen molar-refractivity contribution in [2.75, 3.05) is 20.5 Å². The summed E-state index contributed by atoms with van der Waals surface area (Å²) in [7, 11) is 3.04. The maximum absolute atomic E-state index is 11.7. The number of nitrogens with zero attached hydrogens (tertiary/aromatic N) is 1. The van der Waals surface area contributed by atoms with E-state index in [1.165, 1.54) is 18.9 Å². The summed E-state index contributed by atoms with van der Waals surface area (Å²) in [6.07, 6.45) is 1.74. The van der Waals surface area contributed by atoms with Crippen LogP contribution in [0.2, 0.25) is 0 Å². The number of ketones is 1. The van der Waals surface area contributed by atoms with Gasteiger partial charge in [-0.05, 0) is 18.4 Å². The molecule has 0 aliphatic carbocycles. The van der Waals surface area contributed by atoms with Crippen LogP contribution in [0.1, 0.15) is 16.8 Å². The molecule has 1 aromatic carbocycles. The van der Waals surface area contributed by atoms with Gasteiger partial charge in [-0.3, -0.25) is 4.79 Å². The van der Waals surface area contributed by atoms with Crippen LogP contribution in [0.15, 0.2) is 17.0 Å². The van der Waals surface area contributed by atoms with Gasteiger partial charge in [0, 0.05) is 0 Å². The summed E-state index contributed by atoms with van der Waals surface area (Å²) in [5, 5.41) is 8.54. The van der Waals surface area contributed by atoms with E-state index in [1.807, 2.05) is 12.3 Å². The predicted octanol–water partition coefficient (Wildman–Crippen LogP) is 2.52. The highest BCUT2D eigenvalue weighted by molar-refractivity contribution is 7.98. The minimum Gasteiger partial charge on any atom is -0.496 e. The maximum atomic E-state index is 11.7. The number of carbonyl (C=O) groups is 1. The number of nitriles is 1. The fourth-order valence-corrected chi connectivity index (χ4v) is 1.98. The first-order valence-electron chi connectivity index (χ1n) is 4.88. The highest BCUT2D eigenvalue weighted by atomic mass is 32.2. The molecular formula is C12H13NO3S. The van der Waals surface area contributed by atoms with E-state index in [-0.39, 0.29) is 12.2 Å². The summed E-state index contributed by atoms with van der Waals surface area (Å²) in [5.74, 6) is 0.810. The minimum atomic E-state index is -0.268. The van der Waals surface area contributed by atoms with Crippen LogP contribution in [0.3, 0.4) is 0 Å². The lowest BCUT2D eigenvalue weighted by atomic mass is 10.1. The fourth-order valence-electron chi connectivity index (χ4n) is 1.41. The number of hydrogen-bond donors (Lipinski definition) is 0. The van der Waals surface area contributed by atoms with Crippen LogP contribution in [-0.4, -0.2) is 26.3 Å². The standard InChI is InChI=1S/C12H13NO3S/c1-15-10-7-12(17-3)11(16-2)6-8(10)9(14)4-5-13/h6-7H,4H2,1-3H3. The van der Waals surface area contributed by atoms with Crippen molar-refractivity contribution in [1.29, 1.82) is 5.26 Å². The Balaban J connectivity index is 3.29. The number of Topliss-reactive ketones (excluding diaryl/α,β-unsaturated/α-hetero) is 1. The second-order valence-electron chi connectivity index (χ2n) is 3.17. The van der Waals surface area contributed by atoms with Gasteiger partial charge in [0.05, 0.1) is 37.2 Å². The van der Waals surface area contributed by atoms with E-state index in [9.17, 15) is 4.79 Å². The summed E-state index contributed by atoms with van der Waals surface area (Å²) in [4.78, 5) is 12.6. The topological polar surface area (TPSA) is 59.3 Å². The SMILES string of the molecule is COc1cc(C(=O)CC#N)c(OC)cc1SC. The Morgan fingerprint density at radius 3 is 2.47 bits per heavy atom. The first-order valence-corrected chi connectivity index (χ1v) is 6.10. The largest absolute Gasteiger partial charge is 0.496 e. The molecule has 17 heavy (non-hydrogen) atoms. The van der Waals surface area contributed by atoms with Crippen LogP contribution < -0.4 is 9.47 Å². The average molecular weight is 251 g/mol. The van der Waals surface area contributed by atoms with Crippen molar-refractivity contribution >= 4 is 17.5 Å². The van der Waals surface area contributed by atoms with Gasteiger partial charge in [0.2, 0.25) is 0 Å². The van der Waals surface area contributed by atoms with Gasteiger partial charge in [0.1, 0.15) is 11.5 Å². The van der Waals surface area contributed by atoms with Gasteiger partial charge in [-0.25, -0.2) is 0 Å². The van der Waals surface area contributed by atoms with Crippen molar-refractivity contribution in [3.8, 4) is 17.6 Å². The molecule has 0 unspecified atom stereocenters. The molecule has 0 atom stereocenters. The Kier molecular flexibility index (Phi) is 4.85. The molecule has 4 nitrogen and oxygen atoms in total. The van der Waals surface area contributed by atoms with Crippen LogP contribution in [0.4, 0.5) is 0 Å². The van der Waals surface area contributed by atoms with Gasteiger partial charge < -0.3 is 9.47 Å². The van der Waals surface area contributed by atoms with Crippen LogP contribution in [0, 0.1) is 11.3 Å². The third-order valence-electron chi connectivity index (χ3n) is 2.25. The van der Waals surface area contributed by atoms with Crippen LogP contribution >= 0.6 is 11.8 Å². The number of ether oxygens (including phenoxy) is 2. The molecule has 0 aromatic heterocycles. The number of hydrogen-bond acceptors (Lipinski definition) is 5. The molecule has 0 spiro atoms. The molecule has 90 valence electrons. The van der Waals surface area contributed by atoms with Crippen molar-refractivity contribution in [2.24, 2.45) is 0 Å². The van der Waals surface area contributed by atoms with Crippen molar-refractivity contribution in [1.82, 2.24) is 0 Å². The first-order chi connectivity index (χ1) is 8.17. The van der Waals surface area contributed by atoms with Crippen molar-refractivity contribution < 1.29 is 14.3 Å². The second-order valence-corrected chi connectivity index (χ2v) is 4.01. The molecule has 0 fully saturated rings. The van der Waals surface area contributed by atoms with E-state index in [1.54, 1.807) is 19.2 Å². The lowest BCUT2D eigenvalue weighted by molar-refractivity contribution is 0.0994. The number of carbonyl (C=O) groups excluding carboxylic acids is 1. The van der Waals surface area contributed by atoms with Gasteiger partial charge in [0.25, 0.3) is 0 Å². The van der Waals surface area contributed by atoms with E-state index >= 15 is 0 Å². The summed E-state index contributed by atoms with van der Waals surface area (Å²) >= 11 is 1.50. The van der Waals surface area contributed by atoms with E-state index < -0.39 is 0 Å². The van der Waals surface area contributed by atoms with Gasteiger partial charge in [-0.1, -0.05) is 0 Å². The lowest BCUT2D eigenvalue weighted by Crippen LogP contribution is -2.02. The average Bonchev–Trinajstić information content (AvgIpc) is 2.37. The molecule has 0 aliphatic rings. The van der Waals surface area contributed by atoms with Gasteiger partial charge in [-0.2, -0.15) is 5.26 Å². The highest BCUT2D eigenvalue weighted by Gasteiger charge is 2.16. The summed E-state index contributed by atoms with van der Waals surface area (Å²) in [5.41, 5.74) is 0.378. The quantitative estimate of drug-likeness (QED) is 0.594. The molecule has 0 N–H and O–H groups in total. The Bertz CT molecular complexity index is 466. The summed E-state index contributed by atoms with van der Waals surface area (Å²) in [6, 6.07) is 5.19. The van der Waals surface area contributed by atoms with Crippen molar-refractivity contribution in [3.63, 3.8) is 0 Å². The first kappa shape index (κ1) is 13.4. The molecule has 1 rings (SSSR count). The third kappa shape index (κ3) is 2.92. The molecule has 0 bridgehead atoms. The zero-order chi connectivity index (χ0) is 12.8. The third-order valence-corrected chi connectivity index (χ3v) is 3.00. The zero-order valence-electron chi connectivity index (χ0n) is 9.94. The molecular weight excluding hydrogens is 238 g/mol. The molecule has 0 aliphatic heterocycles. The van der Waals surface area contributed by atoms with Crippen LogP contribution in [0.25, 0.3) is 0 Å². The number of benzene rings is 1. The van der Waals surface area contributed by atoms with E-state index in [2.05, 4.69) is 0 Å². The van der Waals surface area contributed by atoms with Crippen LogP contribution in [-0.2, 0) is 0 Å². The second kappa shape index (κ2) is 6.16. The molecule has 5 heteroatoms. The van der Waals surface area contributed by atoms with Gasteiger partial charge in [0.15, 0.2) is 5.78 Å². The summed E-state index contributed by atoms with van der Waals surface area (Å²) < 4.78 is 10.3. The molecule has 0 amide bonds. The Hall–Kier alpha value is -1.67. The molecule has 1 aromatic rings. The Morgan fingerprint density at radius 2 is 2.00 bits per heavy atom. The van der Waals surface area contributed by atoms with E-state index in [0.717, 1.165) is 4.90 Å². The monoisotopic (exact) mass is 251 g/mol. The number of thioether (sulfide) groups is 1. The van der Waals surface area contributed by atoms with Gasteiger partial charge in [-0.15, -0.1) is 11.8 Å². The molecule has 0 radical (unpaired) electrons. The minimum absolute atomic E-state index is 0.169. The Morgan fingerprint density at radius 1 is 1.35 bits per heavy atom. The van der Waals surface area contributed by atoms with Crippen molar-refractivity contribution in [2.45, 2.75) is 11.3 Å². The predicted molar refractivity (Wildman–Crippen MR) is 65.9 cm³/mol. The summed E-state index contributed by atoms with van der Waals surface area (Å²) in [6.45, 7) is 0. The number of rotatable bonds is 5. The smallest absolute Gasteiger partial charge is 0.180 e. The van der Waals surface area contributed by atoms with E-state index in [0.29, 0.717) is 17.1 Å². The van der Waals surface area contributed by atoms with Crippen molar-refractivity contribution in [3.05, 3.63) is 17.7 Å². The molecule has 0 heterocycles. The molecule has 0 saturated carbocycles. The normalized spacial score (nSPS) is 9.53. The molecule has 0 saturated heterocycles. The fraction of sp³-hybridized carbons (Fsp3) is 0.333. The Labute approximate surface area is 105 Å². The number of methoxy groups -OCH3 is 2. The highest BCUT2D eigenvalue weighted by Crippen LogP contribution is 2.34. The van der Waals surface area contributed by atoms with E-state index in [4.69, 9.17) is 14.7 Å². The van der Waals surface area contributed by atoms with Crippen LogP contribution in [0.5, 0.6) is 11.5 Å². The lowest BCUT2D eigenvalue weighted by Gasteiger charge is -2.12. The van der Waals surface area contributed by atoms with Gasteiger partial charge >= 0.3 is 0 Å². The zero-order valence-corrected chi connectivity index (χ0v) is 10.8.